The molecule has 3 N–H and O–H groups in total. The van der Waals surface area contributed by atoms with E-state index in [1.54, 1.807) is 13.8 Å². The Morgan fingerprint density at radius 2 is 1.92 bits per heavy atom. The minimum absolute atomic E-state index is 0. The zero-order valence-corrected chi connectivity index (χ0v) is 18.6. The molecule has 0 unspecified atom stereocenters. The van der Waals surface area contributed by atoms with Gasteiger partial charge in [0.1, 0.15) is 4.90 Å². The van der Waals surface area contributed by atoms with Crippen LogP contribution in [-0.2, 0) is 10.0 Å². The third-order valence-corrected chi connectivity index (χ3v) is 4.38. The summed E-state index contributed by atoms with van der Waals surface area (Å²) >= 11 is 0. The average molecular weight is 388 g/mol. The largest absolute Gasteiger partial charge is 0.354 e. The van der Waals surface area contributed by atoms with Crippen molar-refractivity contribution in [1.29, 1.82) is 0 Å². The van der Waals surface area contributed by atoms with E-state index in [0.29, 0.717) is 5.69 Å². The first-order valence-electron chi connectivity index (χ1n) is 7.39. The molecular formula is C16H20KN4O3S. The number of hydrogen-bond acceptors (Lipinski definition) is 5. The van der Waals surface area contributed by atoms with Gasteiger partial charge in [0.25, 0.3) is 10.0 Å². The average Bonchev–Trinajstić information content (AvgIpc) is 2.46. The maximum absolute atomic E-state index is 12.5. The molecule has 25 heavy (non-hydrogen) atoms. The molecular weight excluding hydrogens is 367 g/mol. The Hall–Kier alpha value is -0.974. The number of carbonyl (C=O) groups excluding carboxylic acids is 1. The van der Waals surface area contributed by atoms with Crippen LogP contribution in [0.4, 0.5) is 16.2 Å². The van der Waals surface area contributed by atoms with Crippen LogP contribution in [0.5, 0.6) is 0 Å². The molecule has 0 aliphatic carbocycles. The Morgan fingerprint density at radius 1 is 1.20 bits per heavy atom. The number of sulfonamides is 1. The normalized spacial score (nSPS) is 10.7. The summed E-state index contributed by atoms with van der Waals surface area (Å²) in [6.07, 6.45) is 2.68. The van der Waals surface area contributed by atoms with Crippen molar-refractivity contribution in [3.05, 3.63) is 48.3 Å². The molecule has 1 heterocycles. The molecule has 0 atom stereocenters. The van der Waals surface area contributed by atoms with E-state index < -0.39 is 16.1 Å². The summed E-state index contributed by atoms with van der Waals surface area (Å²) in [7, 11) is -4.05. The predicted molar refractivity (Wildman–Crippen MR) is 98.4 cm³/mol. The van der Waals surface area contributed by atoms with Gasteiger partial charge in [-0.3, -0.25) is 4.98 Å². The van der Waals surface area contributed by atoms with E-state index in [1.807, 2.05) is 35.9 Å². The molecule has 0 spiro atoms. The molecule has 2 aromatic rings. The van der Waals surface area contributed by atoms with E-state index in [4.69, 9.17) is 0 Å². The molecule has 0 bridgehead atoms. The molecule has 0 saturated carbocycles. The van der Waals surface area contributed by atoms with E-state index in [1.165, 1.54) is 18.5 Å². The second kappa shape index (κ2) is 9.65. The van der Waals surface area contributed by atoms with Crippen molar-refractivity contribution in [2.45, 2.75) is 31.7 Å². The second-order valence-electron chi connectivity index (χ2n) is 5.60. The SMILES string of the molecule is Cc1cccc(Nc2ccncc2S(=O)(=O)NC(=O)NC(C)C)c1.[K]. The van der Waals surface area contributed by atoms with Gasteiger partial charge in [-0.1, -0.05) is 12.1 Å². The Labute approximate surface area is 190 Å². The zero-order chi connectivity index (χ0) is 17.7. The zero-order valence-electron chi connectivity index (χ0n) is 14.7. The van der Waals surface area contributed by atoms with Gasteiger partial charge in [-0.25, -0.2) is 17.9 Å². The predicted octanol–water partition coefficient (Wildman–Crippen LogP) is 2.15. The molecule has 9 heteroatoms. The van der Waals surface area contributed by atoms with Crippen LogP contribution >= 0.6 is 0 Å². The van der Waals surface area contributed by atoms with Gasteiger partial charge in [-0.05, 0) is 44.5 Å². The number of nitrogens with zero attached hydrogens (tertiary/aromatic N) is 1. The summed E-state index contributed by atoms with van der Waals surface area (Å²) in [6, 6.07) is 8.08. The van der Waals surface area contributed by atoms with Gasteiger partial charge in [0.05, 0.1) is 5.69 Å². The van der Waals surface area contributed by atoms with Crippen LogP contribution in [0.25, 0.3) is 0 Å². The molecule has 2 rings (SSSR count). The molecule has 0 saturated heterocycles. The molecule has 0 aliphatic heterocycles. The van der Waals surface area contributed by atoms with Gasteiger partial charge in [0.2, 0.25) is 0 Å². The quantitative estimate of drug-likeness (QED) is 0.683. The van der Waals surface area contributed by atoms with Gasteiger partial charge < -0.3 is 10.6 Å². The van der Waals surface area contributed by atoms with Crippen molar-refractivity contribution in [3.63, 3.8) is 0 Å². The van der Waals surface area contributed by atoms with Crippen LogP contribution in [-0.4, -0.2) is 76.9 Å². The summed E-state index contributed by atoms with van der Waals surface area (Å²) < 4.78 is 26.9. The minimum atomic E-state index is -4.05. The Morgan fingerprint density at radius 3 is 2.56 bits per heavy atom. The first-order valence-corrected chi connectivity index (χ1v) is 8.87. The molecule has 0 aliphatic rings. The number of pyridine rings is 1. The van der Waals surface area contributed by atoms with Crippen molar-refractivity contribution in [2.75, 3.05) is 5.32 Å². The number of aromatic nitrogens is 1. The number of aryl methyl sites for hydroxylation is 1. The third kappa shape index (κ3) is 6.68. The van der Waals surface area contributed by atoms with Crippen LogP contribution < -0.4 is 15.4 Å². The third-order valence-electron chi connectivity index (χ3n) is 3.02. The number of urea groups is 1. The van der Waals surface area contributed by atoms with Crippen LogP contribution in [0.3, 0.4) is 0 Å². The van der Waals surface area contributed by atoms with Gasteiger partial charge in [0, 0.05) is 75.5 Å². The number of benzene rings is 1. The number of hydrogen-bond donors (Lipinski definition) is 3. The van der Waals surface area contributed by atoms with Gasteiger partial charge in [0.15, 0.2) is 0 Å². The van der Waals surface area contributed by atoms with Crippen LogP contribution in [0.1, 0.15) is 19.4 Å². The molecule has 0 fully saturated rings. The molecule has 1 aromatic heterocycles. The summed E-state index contributed by atoms with van der Waals surface area (Å²) in [6.45, 7) is 5.41. The first-order chi connectivity index (χ1) is 11.3. The summed E-state index contributed by atoms with van der Waals surface area (Å²) in [4.78, 5) is 15.5. The van der Waals surface area contributed by atoms with Crippen molar-refractivity contribution >= 4 is 78.8 Å². The van der Waals surface area contributed by atoms with E-state index in [0.717, 1.165) is 11.3 Å². The molecule has 129 valence electrons. The smallest absolute Gasteiger partial charge is 0.328 e. The van der Waals surface area contributed by atoms with Gasteiger partial charge >= 0.3 is 6.03 Å². The van der Waals surface area contributed by atoms with E-state index in [9.17, 15) is 13.2 Å². The van der Waals surface area contributed by atoms with Gasteiger partial charge in [-0.2, -0.15) is 0 Å². The second-order valence-corrected chi connectivity index (χ2v) is 7.25. The Balaban J connectivity index is 0.00000312. The molecule has 7 nitrogen and oxygen atoms in total. The van der Waals surface area contributed by atoms with Crippen molar-refractivity contribution in [3.8, 4) is 0 Å². The number of anilines is 2. The Kier molecular flexibility index (Phi) is 8.52. The number of amides is 2. The van der Waals surface area contributed by atoms with Crippen molar-refractivity contribution < 1.29 is 13.2 Å². The summed E-state index contributed by atoms with van der Waals surface area (Å²) in [5.74, 6) is 0. The standard InChI is InChI=1S/C16H20N4O3S.K/c1-11(2)18-16(21)20-24(22,23)15-10-17-8-7-14(15)19-13-6-4-5-12(3)9-13;/h4-11H,1-3H3,(H,17,19)(H2,18,20,21);. The number of nitrogens with one attached hydrogen (secondary N) is 3. The molecule has 2 amide bonds. The van der Waals surface area contributed by atoms with Crippen LogP contribution in [0.15, 0.2) is 47.6 Å². The maximum Gasteiger partial charge on any atom is 0.328 e. The fourth-order valence-electron chi connectivity index (χ4n) is 2.04. The summed E-state index contributed by atoms with van der Waals surface area (Å²) in [5, 5.41) is 5.52. The molecule has 1 aromatic carbocycles. The number of rotatable bonds is 5. The van der Waals surface area contributed by atoms with Crippen LogP contribution in [0, 0.1) is 6.92 Å². The van der Waals surface area contributed by atoms with E-state index in [2.05, 4.69) is 15.6 Å². The number of carbonyl (C=O) groups is 1. The molecule has 1 radical (unpaired) electrons. The van der Waals surface area contributed by atoms with Gasteiger partial charge in [-0.15, -0.1) is 0 Å². The van der Waals surface area contributed by atoms with Crippen molar-refractivity contribution in [2.24, 2.45) is 0 Å². The van der Waals surface area contributed by atoms with Crippen molar-refractivity contribution in [1.82, 2.24) is 15.0 Å². The first kappa shape index (κ1) is 22.1. The monoisotopic (exact) mass is 387 g/mol. The summed E-state index contributed by atoms with van der Waals surface area (Å²) in [5.41, 5.74) is 2.11. The Bertz CT molecular complexity index is 841. The van der Waals surface area contributed by atoms with E-state index in [-0.39, 0.29) is 62.3 Å². The topological polar surface area (TPSA) is 100 Å². The maximum atomic E-state index is 12.5. The van der Waals surface area contributed by atoms with Crippen LogP contribution in [0.2, 0.25) is 0 Å². The fourth-order valence-corrected chi connectivity index (χ4v) is 3.07. The fraction of sp³-hybridized carbons (Fsp3) is 0.250. The minimum Gasteiger partial charge on any atom is -0.354 e. The van der Waals surface area contributed by atoms with E-state index >= 15 is 0 Å².